The van der Waals surface area contributed by atoms with Crippen LogP contribution >= 0.6 is 23.4 Å². The zero-order valence-corrected chi connectivity index (χ0v) is 21.6. The Morgan fingerprint density at radius 1 is 1.19 bits per heavy atom. The van der Waals surface area contributed by atoms with Crippen molar-refractivity contribution in [3.8, 4) is 0 Å². The Kier molecular flexibility index (Phi) is 6.33. The van der Waals surface area contributed by atoms with Gasteiger partial charge in [-0.25, -0.2) is 15.0 Å². The first kappa shape index (κ1) is 23.7. The maximum absolute atomic E-state index is 6.76. The second-order valence-corrected chi connectivity index (χ2v) is 11.1. The van der Waals surface area contributed by atoms with Crippen LogP contribution in [-0.4, -0.2) is 56.8 Å². The van der Waals surface area contributed by atoms with E-state index in [1.165, 1.54) is 11.8 Å². The molecule has 0 bridgehead atoms. The van der Waals surface area contributed by atoms with E-state index in [9.17, 15) is 0 Å². The third-order valence-corrected chi connectivity index (χ3v) is 8.95. The maximum Gasteiger partial charge on any atom is 0.147 e. The molecule has 0 radical (unpaired) electrons. The second-order valence-electron chi connectivity index (χ2n) is 9.70. The van der Waals surface area contributed by atoms with Crippen molar-refractivity contribution in [1.82, 2.24) is 24.9 Å². The molecule has 10 heteroatoms. The molecule has 6 rings (SSSR count). The minimum atomic E-state index is 0.0963. The molecule has 0 amide bonds. The summed E-state index contributed by atoms with van der Waals surface area (Å²) < 4.78 is 5.84. The number of nitrogens with zero attached hydrogens (tertiary/aromatic N) is 5. The van der Waals surface area contributed by atoms with Gasteiger partial charge in [0.2, 0.25) is 0 Å². The average Bonchev–Trinajstić information content (AvgIpc) is 3.44. The fraction of sp³-hybridized carbons (Fsp3) is 0.385. The van der Waals surface area contributed by atoms with Crippen LogP contribution < -0.4 is 10.6 Å². The number of H-pyrrole nitrogens is 1. The normalized spacial score (nSPS) is 21.5. The second kappa shape index (κ2) is 9.63. The summed E-state index contributed by atoms with van der Waals surface area (Å²) in [7, 11) is 0. The highest BCUT2D eigenvalue weighted by atomic mass is 35.5. The monoisotopic (exact) mass is 521 g/mol. The quantitative estimate of drug-likeness (QED) is 0.396. The van der Waals surface area contributed by atoms with Gasteiger partial charge in [0.15, 0.2) is 0 Å². The molecule has 36 heavy (non-hydrogen) atoms. The van der Waals surface area contributed by atoms with Crippen molar-refractivity contribution in [1.29, 1.82) is 0 Å². The number of hydrogen-bond acceptors (Lipinski definition) is 8. The molecule has 2 fully saturated rings. The van der Waals surface area contributed by atoms with Crippen LogP contribution in [-0.2, 0) is 11.2 Å². The lowest BCUT2D eigenvalue weighted by atomic mass is 9.73. The van der Waals surface area contributed by atoms with Crippen molar-refractivity contribution in [3.05, 3.63) is 65.5 Å². The summed E-state index contributed by atoms with van der Waals surface area (Å²) in [5.74, 6) is 1.75. The Hall–Kier alpha value is -2.72. The van der Waals surface area contributed by atoms with Crippen molar-refractivity contribution in [2.45, 2.75) is 48.3 Å². The number of nitrogens with one attached hydrogen (secondary N) is 1. The number of anilines is 1. The molecule has 0 aliphatic carbocycles. The van der Waals surface area contributed by atoms with Crippen molar-refractivity contribution >= 4 is 40.2 Å². The van der Waals surface area contributed by atoms with E-state index < -0.39 is 0 Å². The number of halogens is 1. The SMILES string of the molecule is C[C@@H]1OCC2(CCN(c3cnc(Sc4ccc5nc(Cc6cccnc6)[nH]c5c4Cl)cn3)CC2)[C@@H]1N. The van der Waals surface area contributed by atoms with Crippen LogP contribution in [0.25, 0.3) is 11.0 Å². The zero-order valence-electron chi connectivity index (χ0n) is 20.0. The Morgan fingerprint density at radius 2 is 2.06 bits per heavy atom. The first-order chi connectivity index (χ1) is 17.5. The molecule has 0 unspecified atom stereocenters. The van der Waals surface area contributed by atoms with Gasteiger partial charge >= 0.3 is 0 Å². The molecule has 0 saturated carbocycles. The summed E-state index contributed by atoms with van der Waals surface area (Å²) in [4.78, 5) is 24.8. The molecule has 2 atom stereocenters. The molecule has 3 aromatic heterocycles. The van der Waals surface area contributed by atoms with Crippen LogP contribution in [0.5, 0.6) is 0 Å². The van der Waals surface area contributed by atoms with Gasteiger partial charge < -0.3 is 20.4 Å². The predicted octanol–water partition coefficient (Wildman–Crippen LogP) is 4.48. The minimum Gasteiger partial charge on any atom is -0.376 e. The fourth-order valence-corrected chi connectivity index (χ4v) is 6.31. The van der Waals surface area contributed by atoms with E-state index in [1.807, 2.05) is 42.9 Å². The molecule has 5 heterocycles. The maximum atomic E-state index is 6.76. The van der Waals surface area contributed by atoms with E-state index in [2.05, 4.69) is 31.8 Å². The third kappa shape index (κ3) is 4.45. The van der Waals surface area contributed by atoms with E-state index in [-0.39, 0.29) is 17.6 Å². The predicted molar refractivity (Wildman–Crippen MR) is 142 cm³/mol. The van der Waals surface area contributed by atoms with E-state index >= 15 is 0 Å². The third-order valence-electron chi connectivity index (χ3n) is 7.46. The number of nitrogens with two attached hydrogens (primary N) is 1. The van der Waals surface area contributed by atoms with E-state index in [0.29, 0.717) is 11.4 Å². The highest BCUT2D eigenvalue weighted by molar-refractivity contribution is 7.99. The Balaban J connectivity index is 1.13. The van der Waals surface area contributed by atoms with Gasteiger partial charge in [-0.3, -0.25) is 4.98 Å². The summed E-state index contributed by atoms with van der Waals surface area (Å²) in [6.07, 6.45) is 10.1. The molecule has 1 aromatic carbocycles. The molecule has 8 nitrogen and oxygen atoms in total. The van der Waals surface area contributed by atoms with Crippen LogP contribution in [0, 0.1) is 5.41 Å². The number of ether oxygens (including phenoxy) is 1. The van der Waals surface area contributed by atoms with Crippen LogP contribution in [0.3, 0.4) is 0 Å². The topological polar surface area (TPSA) is 106 Å². The highest BCUT2D eigenvalue weighted by Crippen LogP contribution is 2.42. The van der Waals surface area contributed by atoms with Gasteiger partial charge in [-0.2, -0.15) is 0 Å². The summed E-state index contributed by atoms with van der Waals surface area (Å²) in [5.41, 5.74) is 9.31. The molecular formula is C26H28ClN7OS. The molecule has 2 aliphatic heterocycles. The van der Waals surface area contributed by atoms with Gasteiger partial charge in [-0.05, 0) is 43.5 Å². The van der Waals surface area contributed by atoms with Crippen molar-refractivity contribution in [2.75, 3.05) is 24.6 Å². The molecule has 3 N–H and O–H groups in total. The number of aromatic nitrogens is 5. The number of hydrogen-bond donors (Lipinski definition) is 2. The van der Waals surface area contributed by atoms with E-state index in [4.69, 9.17) is 27.1 Å². The summed E-state index contributed by atoms with van der Waals surface area (Å²) in [6, 6.07) is 8.03. The van der Waals surface area contributed by atoms with E-state index in [1.54, 1.807) is 6.20 Å². The molecule has 2 saturated heterocycles. The van der Waals surface area contributed by atoms with Gasteiger partial charge in [0.05, 0.1) is 41.2 Å². The largest absolute Gasteiger partial charge is 0.376 e. The first-order valence-electron chi connectivity index (χ1n) is 12.2. The number of piperidine rings is 1. The Morgan fingerprint density at radius 3 is 2.75 bits per heavy atom. The van der Waals surface area contributed by atoms with Crippen LogP contribution in [0.2, 0.25) is 5.02 Å². The lowest BCUT2D eigenvalue weighted by Crippen LogP contribution is -2.50. The number of aromatic amines is 1. The van der Waals surface area contributed by atoms with E-state index in [0.717, 1.165) is 70.7 Å². The first-order valence-corrected chi connectivity index (χ1v) is 13.4. The minimum absolute atomic E-state index is 0.0963. The van der Waals surface area contributed by atoms with Gasteiger partial charge in [0, 0.05) is 48.3 Å². The Bertz CT molecular complexity index is 1360. The lowest BCUT2D eigenvalue weighted by molar-refractivity contribution is 0.0974. The number of pyridine rings is 1. The number of imidazole rings is 1. The van der Waals surface area contributed by atoms with Crippen molar-refractivity contribution in [3.63, 3.8) is 0 Å². The van der Waals surface area contributed by atoms with Gasteiger partial charge in [0.25, 0.3) is 0 Å². The molecular weight excluding hydrogens is 494 g/mol. The molecule has 1 spiro atoms. The average molecular weight is 522 g/mol. The molecule has 4 aromatic rings. The van der Waals surface area contributed by atoms with Gasteiger partial charge in [0.1, 0.15) is 16.7 Å². The standard InChI is InChI=1S/C26H28ClN7OS/c1-16-25(28)26(15-35-16)6-9-34(10-7-26)21-13-31-22(14-30-21)36-19-5-4-18-24(23(19)27)33-20(32-18)11-17-3-2-8-29-12-17/h2-5,8,12-14,16,25H,6-7,9-11,15,28H2,1H3,(H,32,33)/t16-,25+/m0/s1. The van der Waals surface area contributed by atoms with Crippen LogP contribution in [0.1, 0.15) is 31.2 Å². The van der Waals surface area contributed by atoms with Gasteiger partial charge in [-0.1, -0.05) is 29.4 Å². The summed E-state index contributed by atoms with van der Waals surface area (Å²) >= 11 is 8.26. The molecule has 186 valence electrons. The zero-order chi connectivity index (χ0) is 24.7. The number of fused-ring (bicyclic) bond motifs is 1. The Labute approximate surface area is 219 Å². The molecule has 2 aliphatic rings. The van der Waals surface area contributed by atoms with Crippen LogP contribution in [0.4, 0.5) is 5.82 Å². The summed E-state index contributed by atoms with van der Waals surface area (Å²) in [6.45, 7) is 4.66. The number of benzene rings is 1. The smallest absolute Gasteiger partial charge is 0.147 e. The van der Waals surface area contributed by atoms with Gasteiger partial charge in [-0.15, -0.1) is 0 Å². The van der Waals surface area contributed by atoms with Crippen molar-refractivity contribution < 1.29 is 4.74 Å². The van der Waals surface area contributed by atoms with Crippen molar-refractivity contribution in [2.24, 2.45) is 11.1 Å². The fourth-order valence-electron chi connectivity index (χ4n) is 5.23. The lowest BCUT2D eigenvalue weighted by Gasteiger charge is -2.41. The summed E-state index contributed by atoms with van der Waals surface area (Å²) in [5, 5.41) is 1.43. The van der Waals surface area contributed by atoms with Crippen LogP contribution in [0.15, 0.2) is 59.0 Å². The highest BCUT2D eigenvalue weighted by Gasteiger charge is 2.47. The number of rotatable bonds is 5.